The van der Waals surface area contributed by atoms with Crippen molar-refractivity contribution in [3.63, 3.8) is 0 Å². The van der Waals surface area contributed by atoms with Crippen molar-refractivity contribution in [3.8, 4) is 0 Å². The highest BCUT2D eigenvalue weighted by Gasteiger charge is 2.45. The second-order valence-corrected chi connectivity index (χ2v) is 3.95. The average molecular weight is 213 g/mol. The molecule has 0 unspecified atom stereocenters. The highest BCUT2D eigenvalue weighted by atomic mass is 35.5. The molecule has 2 N–H and O–H groups in total. The van der Waals surface area contributed by atoms with Crippen LogP contribution in [0.3, 0.4) is 0 Å². The smallest absolute Gasteiger partial charge is 0.275 e. The van der Waals surface area contributed by atoms with Crippen LogP contribution in [0.15, 0.2) is 18.2 Å². The van der Waals surface area contributed by atoms with Crippen LogP contribution in [0.1, 0.15) is 18.4 Å². The van der Waals surface area contributed by atoms with Crippen molar-refractivity contribution in [1.29, 1.82) is 0 Å². The Morgan fingerprint density at radius 2 is 2.14 bits per heavy atom. The second kappa shape index (κ2) is 2.93. The van der Waals surface area contributed by atoms with Gasteiger partial charge in [0.15, 0.2) is 0 Å². The van der Waals surface area contributed by atoms with E-state index in [2.05, 4.69) is 0 Å². The first-order valence-corrected chi connectivity index (χ1v) is 4.65. The molecule has 0 bridgehead atoms. The molecule has 0 amide bonds. The van der Waals surface area contributed by atoms with Crippen LogP contribution in [0.2, 0.25) is 5.02 Å². The number of nitro benzene ring substituents is 1. The molecule has 1 fully saturated rings. The molecular weight excluding hydrogens is 204 g/mol. The van der Waals surface area contributed by atoms with Crippen molar-refractivity contribution in [3.05, 3.63) is 38.9 Å². The van der Waals surface area contributed by atoms with Gasteiger partial charge in [-0.25, -0.2) is 0 Å². The SMILES string of the molecule is NC1(c2c(Cl)cccc2[N+](=O)[O-])CC1. The normalized spacial score (nSPS) is 17.9. The molecule has 1 aromatic rings. The van der Waals surface area contributed by atoms with Crippen LogP contribution in [-0.4, -0.2) is 4.92 Å². The maximum Gasteiger partial charge on any atom is 0.275 e. The van der Waals surface area contributed by atoms with Crippen molar-refractivity contribution < 1.29 is 4.92 Å². The number of nitro groups is 1. The minimum Gasteiger partial charge on any atom is -0.321 e. The molecule has 0 heterocycles. The van der Waals surface area contributed by atoms with E-state index in [4.69, 9.17) is 17.3 Å². The van der Waals surface area contributed by atoms with Gasteiger partial charge in [-0.3, -0.25) is 10.1 Å². The quantitative estimate of drug-likeness (QED) is 0.604. The van der Waals surface area contributed by atoms with E-state index in [-0.39, 0.29) is 5.69 Å². The molecule has 0 radical (unpaired) electrons. The number of halogens is 1. The summed E-state index contributed by atoms with van der Waals surface area (Å²) in [6.45, 7) is 0. The van der Waals surface area contributed by atoms with Gasteiger partial charge >= 0.3 is 0 Å². The standard InChI is InChI=1S/C9H9ClN2O2/c10-6-2-1-3-7(12(13)14)8(6)9(11)4-5-9/h1-3H,4-5,11H2. The minimum atomic E-state index is -0.569. The van der Waals surface area contributed by atoms with Crippen molar-refractivity contribution in [2.75, 3.05) is 0 Å². The summed E-state index contributed by atoms with van der Waals surface area (Å²) in [5.41, 5.74) is 5.85. The molecule has 2 rings (SSSR count). The van der Waals surface area contributed by atoms with Crippen molar-refractivity contribution in [2.45, 2.75) is 18.4 Å². The summed E-state index contributed by atoms with van der Waals surface area (Å²) in [5.74, 6) is 0. The first kappa shape index (κ1) is 9.43. The van der Waals surface area contributed by atoms with E-state index in [9.17, 15) is 10.1 Å². The summed E-state index contributed by atoms with van der Waals surface area (Å²) >= 11 is 5.91. The van der Waals surface area contributed by atoms with Crippen molar-refractivity contribution in [2.24, 2.45) is 5.73 Å². The van der Waals surface area contributed by atoms with Gasteiger partial charge in [-0.05, 0) is 18.9 Å². The van der Waals surface area contributed by atoms with Crippen LogP contribution in [0.4, 0.5) is 5.69 Å². The molecule has 74 valence electrons. The van der Waals surface area contributed by atoms with Crippen LogP contribution in [0.25, 0.3) is 0 Å². The molecule has 0 aliphatic heterocycles. The summed E-state index contributed by atoms with van der Waals surface area (Å²) in [6.07, 6.45) is 1.52. The van der Waals surface area contributed by atoms with Gasteiger partial charge in [-0.1, -0.05) is 17.7 Å². The van der Waals surface area contributed by atoms with Crippen LogP contribution >= 0.6 is 11.6 Å². The van der Waals surface area contributed by atoms with Crippen molar-refractivity contribution in [1.82, 2.24) is 0 Å². The molecule has 1 aliphatic carbocycles. The fraction of sp³-hybridized carbons (Fsp3) is 0.333. The third kappa shape index (κ3) is 1.36. The summed E-state index contributed by atoms with van der Waals surface area (Å²) in [7, 11) is 0. The average Bonchev–Trinajstić information content (AvgIpc) is 2.84. The Labute approximate surface area is 85.8 Å². The Bertz CT molecular complexity index is 402. The van der Waals surface area contributed by atoms with Gasteiger partial charge in [-0.15, -0.1) is 0 Å². The topological polar surface area (TPSA) is 69.2 Å². The fourth-order valence-corrected chi connectivity index (χ4v) is 1.90. The van der Waals surface area contributed by atoms with Crippen LogP contribution in [0, 0.1) is 10.1 Å². The Morgan fingerprint density at radius 3 is 2.64 bits per heavy atom. The van der Waals surface area contributed by atoms with Gasteiger partial charge < -0.3 is 5.73 Å². The van der Waals surface area contributed by atoms with Gasteiger partial charge in [0.1, 0.15) is 0 Å². The van der Waals surface area contributed by atoms with E-state index >= 15 is 0 Å². The Hall–Kier alpha value is -1.13. The third-order valence-corrected chi connectivity index (χ3v) is 2.79. The summed E-state index contributed by atoms with van der Waals surface area (Å²) < 4.78 is 0. The molecule has 0 aromatic heterocycles. The van der Waals surface area contributed by atoms with E-state index in [1.54, 1.807) is 12.1 Å². The number of hydrogen-bond acceptors (Lipinski definition) is 3. The fourth-order valence-electron chi connectivity index (χ4n) is 1.54. The van der Waals surface area contributed by atoms with Crippen LogP contribution in [-0.2, 0) is 5.54 Å². The highest BCUT2D eigenvalue weighted by molar-refractivity contribution is 6.31. The maximum absolute atomic E-state index is 10.7. The highest BCUT2D eigenvalue weighted by Crippen LogP contribution is 2.49. The lowest BCUT2D eigenvalue weighted by atomic mass is 10.0. The zero-order valence-corrected chi connectivity index (χ0v) is 8.12. The van der Waals surface area contributed by atoms with Gasteiger partial charge in [0.25, 0.3) is 5.69 Å². The Kier molecular flexibility index (Phi) is 1.97. The predicted molar refractivity (Wildman–Crippen MR) is 53.2 cm³/mol. The van der Waals surface area contributed by atoms with Gasteiger partial charge in [-0.2, -0.15) is 0 Å². The van der Waals surface area contributed by atoms with E-state index in [1.165, 1.54) is 6.07 Å². The molecule has 1 saturated carbocycles. The largest absolute Gasteiger partial charge is 0.321 e. The predicted octanol–water partition coefficient (Wildman–Crippen LogP) is 2.20. The first-order valence-electron chi connectivity index (χ1n) is 4.27. The molecular formula is C9H9ClN2O2. The summed E-state index contributed by atoms with van der Waals surface area (Å²) in [4.78, 5) is 10.3. The number of nitrogens with two attached hydrogens (primary N) is 1. The molecule has 14 heavy (non-hydrogen) atoms. The lowest BCUT2D eigenvalue weighted by molar-refractivity contribution is -0.385. The van der Waals surface area contributed by atoms with Gasteiger partial charge in [0.2, 0.25) is 0 Å². The third-order valence-electron chi connectivity index (χ3n) is 2.47. The second-order valence-electron chi connectivity index (χ2n) is 3.55. The van der Waals surface area contributed by atoms with Gasteiger partial charge in [0, 0.05) is 11.6 Å². The number of nitrogens with zero attached hydrogens (tertiary/aromatic N) is 1. The molecule has 1 aromatic carbocycles. The first-order chi connectivity index (χ1) is 6.54. The van der Waals surface area contributed by atoms with E-state index in [1.807, 2.05) is 0 Å². The number of rotatable bonds is 2. The molecule has 4 nitrogen and oxygen atoms in total. The molecule has 1 aliphatic rings. The van der Waals surface area contributed by atoms with Gasteiger partial charge in [0.05, 0.1) is 15.5 Å². The maximum atomic E-state index is 10.7. The lowest BCUT2D eigenvalue weighted by Crippen LogP contribution is -2.20. The number of hydrogen-bond donors (Lipinski definition) is 1. The van der Waals surface area contributed by atoms with E-state index in [0.29, 0.717) is 10.6 Å². The number of benzene rings is 1. The summed E-state index contributed by atoms with van der Waals surface area (Å²) in [5, 5.41) is 11.1. The minimum absolute atomic E-state index is 0.0255. The zero-order chi connectivity index (χ0) is 10.3. The molecule has 0 atom stereocenters. The Balaban J connectivity index is 2.60. The molecule has 0 saturated heterocycles. The summed E-state index contributed by atoms with van der Waals surface area (Å²) in [6, 6.07) is 4.64. The van der Waals surface area contributed by atoms with Crippen LogP contribution in [0.5, 0.6) is 0 Å². The van der Waals surface area contributed by atoms with Crippen LogP contribution < -0.4 is 5.73 Å². The molecule has 5 heteroatoms. The monoisotopic (exact) mass is 212 g/mol. The van der Waals surface area contributed by atoms with Crippen molar-refractivity contribution >= 4 is 17.3 Å². The lowest BCUT2D eigenvalue weighted by Gasteiger charge is -2.11. The zero-order valence-electron chi connectivity index (χ0n) is 7.37. The Morgan fingerprint density at radius 1 is 1.50 bits per heavy atom. The van der Waals surface area contributed by atoms with E-state index < -0.39 is 10.5 Å². The molecule has 0 spiro atoms. The van der Waals surface area contributed by atoms with E-state index in [0.717, 1.165) is 12.8 Å².